The molecular formula is C30H35N7O. The van der Waals surface area contributed by atoms with Gasteiger partial charge >= 0.3 is 0 Å². The molecule has 1 aliphatic rings. The van der Waals surface area contributed by atoms with Crippen molar-refractivity contribution in [1.82, 2.24) is 29.6 Å². The van der Waals surface area contributed by atoms with E-state index in [4.69, 9.17) is 4.98 Å². The molecule has 8 nitrogen and oxygen atoms in total. The van der Waals surface area contributed by atoms with Crippen LogP contribution in [0.4, 0.5) is 0 Å². The van der Waals surface area contributed by atoms with Gasteiger partial charge in [0.2, 0.25) is 0 Å². The van der Waals surface area contributed by atoms with Crippen LogP contribution in [0.2, 0.25) is 0 Å². The van der Waals surface area contributed by atoms with Gasteiger partial charge in [-0.15, -0.1) is 0 Å². The zero-order valence-electron chi connectivity index (χ0n) is 22.8. The fraction of sp³-hybridized carbons (Fsp3) is 0.367. The van der Waals surface area contributed by atoms with Crippen LogP contribution in [0.15, 0.2) is 47.7 Å². The molecular weight excluding hydrogens is 474 g/mol. The highest BCUT2D eigenvalue weighted by Crippen LogP contribution is 2.26. The lowest BCUT2D eigenvalue weighted by Gasteiger charge is -2.27. The van der Waals surface area contributed by atoms with Gasteiger partial charge in [0.1, 0.15) is 11.5 Å². The molecule has 5 rings (SSSR count). The number of carbonyl (C=O) groups is 1. The Balaban J connectivity index is 1.36. The quantitative estimate of drug-likeness (QED) is 0.325. The Morgan fingerprint density at radius 3 is 2.87 bits per heavy atom. The second-order valence-corrected chi connectivity index (χ2v) is 10.1. The fourth-order valence-electron chi connectivity index (χ4n) is 5.15. The number of rotatable bonds is 7. The molecule has 0 radical (unpaired) electrons. The molecule has 1 amide bonds. The molecule has 4 aromatic rings. The number of aliphatic imine (C=N–C) groups is 1. The molecule has 0 aliphatic carbocycles. The molecule has 196 valence electrons. The van der Waals surface area contributed by atoms with Gasteiger partial charge in [-0.2, -0.15) is 5.10 Å². The van der Waals surface area contributed by atoms with Gasteiger partial charge in [-0.1, -0.05) is 19.1 Å². The van der Waals surface area contributed by atoms with Crippen LogP contribution in [0.3, 0.4) is 0 Å². The van der Waals surface area contributed by atoms with Crippen LogP contribution >= 0.6 is 0 Å². The number of hydrogen-bond donors (Lipinski definition) is 1. The Labute approximate surface area is 223 Å². The summed E-state index contributed by atoms with van der Waals surface area (Å²) in [6.45, 7) is 11.6. The normalized spacial score (nSPS) is 14.2. The van der Waals surface area contributed by atoms with Gasteiger partial charge in [0.25, 0.3) is 5.91 Å². The number of benzene rings is 1. The van der Waals surface area contributed by atoms with Gasteiger partial charge in [0.15, 0.2) is 0 Å². The van der Waals surface area contributed by atoms with Crippen LogP contribution in [0.25, 0.3) is 16.6 Å². The second kappa shape index (κ2) is 10.7. The van der Waals surface area contributed by atoms with Crippen LogP contribution in [0.5, 0.6) is 0 Å². The number of amides is 1. The molecule has 0 unspecified atom stereocenters. The maximum absolute atomic E-state index is 13.4. The third kappa shape index (κ3) is 5.03. The number of fused-ring (bicyclic) bond motifs is 2. The van der Waals surface area contributed by atoms with E-state index in [9.17, 15) is 4.79 Å². The smallest absolute Gasteiger partial charge is 0.270 e. The van der Waals surface area contributed by atoms with Crippen LogP contribution in [-0.4, -0.2) is 48.3 Å². The summed E-state index contributed by atoms with van der Waals surface area (Å²) in [5, 5.41) is 5.56. The number of nitrogens with one attached hydrogen (secondary N) is 1. The molecule has 0 saturated heterocycles. The van der Waals surface area contributed by atoms with Crippen molar-refractivity contribution in [3.05, 3.63) is 82.3 Å². The summed E-state index contributed by atoms with van der Waals surface area (Å²) in [7, 11) is 0. The van der Waals surface area contributed by atoms with E-state index in [1.807, 2.05) is 42.4 Å². The Morgan fingerprint density at radius 1 is 1.26 bits per heavy atom. The zero-order valence-corrected chi connectivity index (χ0v) is 22.8. The number of nitrogens with zero attached hydrogens (tertiary/aromatic N) is 6. The molecule has 1 aliphatic heterocycles. The molecule has 0 bridgehead atoms. The largest absolute Gasteiger partial charge is 0.350 e. The van der Waals surface area contributed by atoms with Crippen molar-refractivity contribution in [1.29, 1.82) is 0 Å². The first-order valence-corrected chi connectivity index (χ1v) is 13.4. The maximum Gasteiger partial charge on any atom is 0.270 e. The molecule has 8 heteroatoms. The third-order valence-electron chi connectivity index (χ3n) is 6.97. The highest BCUT2D eigenvalue weighted by molar-refractivity contribution is 5.99. The van der Waals surface area contributed by atoms with E-state index in [0.717, 1.165) is 57.7 Å². The van der Waals surface area contributed by atoms with E-state index < -0.39 is 0 Å². The lowest BCUT2D eigenvalue weighted by atomic mass is 10.0. The van der Waals surface area contributed by atoms with Gasteiger partial charge < -0.3 is 9.88 Å². The number of carbonyl (C=O) groups excluding carboxylic acids is 1. The van der Waals surface area contributed by atoms with Gasteiger partial charge in [0, 0.05) is 66.5 Å². The predicted molar refractivity (Wildman–Crippen MR) is 151 cm³/mol. The highest BCUT2D eigenvalue weighted by atomic mass is 16.2. The molecule has 1 N–H and O–H groups in total. The summed E-state index contributed by atoms with van der Waals surface area (Å²) < 4.78 is 2.07. The molecule has 38 heavy (non-hydrogen) atoms. The van der Waals surface area contributed by atoms with Gasteiger partial charge in [-0.25, -0.2) is 9.97 Å². The molecule has 0 fully saturated rings. The monoisotopic (exact) mass is 509 g/mol. The van der Waals surface area contributed by atoms with Crippen LogP contribution in [0.1, 0.15) is 84.5 Å². The van der Waals surface area contributed by atoms with Crippen molar-refractivity contribution in [2.45, 2.75) is 66.5 Å². The van der Waals surface area contributed by atoms with Crippen LogP contribution in [0, 0.1) is 6.92 Å². The Kier molecular flexibility index (Phi) is 7.22. The number of H-pyrrole nitrogens is 1. The zero-order chi connectivity index (χ0) is 26.8. The number of hydrogen-bond acceptors (Lipinski definition) is 5. The molecule has 4 heterocycles. The average Bonchev–Trinajstić information content (AvgIpc) is 3.53. The van der Waals surface area contributed by atoms with Crippen molar-refractivity contribution in [2.75, 3.05) is 6.54 Å². The van der Waals surface area contributed by atoms with Crippen molar-refractivity contribution < 1.29 is 4.79 Å². The first-order valence-electron chi connectivity index (χ1n) is 13.4. The van der Waals surface area contributed by atoms with E-state index in [0.29, 0.717) is 31.2 Å². The minimum Gasteiger partial charge on any atom is -0.350 e. The van der Waals surface area contributed by atoms with Gasteiger partial charge in [-0.05, 0) is 63.4 Å². The summed E-state index contributed by atoms with van der Waals surface area (Å²) in [6.07, 6.45) is 9.84. The van der Waals surface area contributed by atoms with E-state index in [1.54, 1.807) is 6.20 Å². The summed E-state index contributed by atoms with van der Waals surface area (Å²) >= 11 is 0. The first kappa shape index (κ1) is 25.6. The minimum absolute atomic E-state index is 0.0210. The number of aromatic nitrogens is 5. The SMILES string of the molecule is C/C=C(\N=CCC)c1ccnc(Cc2cc(C)c3[nH]c(C(=O)N4CCc5c(cnn5C(C)C)C4)cc3c2)n1. The van der Waals surface area contributed by atoms with E-state index >= 15 is 0 Å². The Bertz CT molecular complexity index is 1540. The van der Waals surface area contributed by atoms with Crippen LogP contribution < -0.4 is 0 Å². The summed E-state index contributed by atoms with van der Waals surface area (Å²) in [5.74, 6) is 0.762. The Hall–Kier alpha value is -4.07. The first-order chi connectivity index (χ1) is 18.4. The molecule has 3 aromatic heterocycles. The topological polar surface area (TPSA) is 92.1 Å². The fourth-order valence-corrected chi connectivity index (χ4v) is 5.15. The summed E-state index contributed by atoms with van der Waals surface area (Å²) in [4.78, 5) is 32.5. The highest BCUT2D eigenvalue weighted by Gasteiger charge is 2.26. The lowest BCUT2D eigenvalue weighted by Crippen LogP contribution is -2.36. The van der Waals surface area contributed by atoms with Gasteiger partial charge in [-0.3, -0.25) is 14.5 Å². The number of aromatic amines is 1. The predicted octanol–water partition coefficient (Wildman–Crippen LogP) is 5.67. The molecule has 0 atom stereocenters. The number of aryl methyl sites for hydroxylation is 1. The molecule has 1 aromatic carbocycles. The number of allylic oxidation sites excluding steroid dienone is 1. The summed E-state index contributed by atoms with van der Waals surface area (Å²) in [6, 6.07) is 8.44. The second-order valence-electron chi connectivity index (χ2n) is 10.1. The third-order valence-corrected chi connectivity index (χ3v) is 6.97. The standard InChI is InChI=1S/C30H35N7O/c1-6-10-31-24(7-2)25-8-11-32-28(34-25)15-21-13-20(5)29-22(14-21)16-26(35-29)30(38)36-12-9-27-23(18-36)17-33-37(27)19(3)4/h7-8,10-11,13-14,16-17,19,35H,6,9,12,15,18H2,1-5H3/b24-7-,31-10?. The van der Waals surface area contributed by atoms with Gasteiger partial charge in [0.05, 0.1) is 17.6 Å². The van der Waals surface area contributed by atoms with E-state index in [1.165, 1.54) is 5.69 Å². The van der Waals surface area contributed by atoms with Crippen molar-refractivity contribution >= 4 is 28.7 Å². The van der Waals surface area contributed by atoms with E-state index in [-0.39, 0.29) is 5.91 Å². The maximum atomic E-state index is 13.4. The molecule has 0 saturated carbocycles. The van der Waals surface area contributed by atoms with E-state index in [2.05, 4.69) is 64.6 Å². The van der Waals surface area contributed by atoms with Crippen molar-refractivity contribution in [2.24, 2.45) is 4.99 Å². The van der Waals surface area contributed by atoms with Crippen molar-refractivity contribution in [3.63, 3.8) is 0 Å². The summed E-state index contributed by atoms with van der Waals surface area (Å²) in [5.41, 5.74) is 7.84. The van der Waals surface area contributed by atoms with Crippen molar-refractivity contribution in [3.8, 4) is 0 Å². The van der Waals surface area contributed by atoms with Crippen LogP contribution in [-0.2, 0) is 19.4 Å². The minimum atomic E-state index is 0.0210. The average molecular weight is 510 g/mol. The Morgan fingerprint density at radius 2 is 2.11 bits per heavy atom. The molecule has 0 spiro atoms. The lowest BCUT2D eigenvalue weighted by molar-refractivity contribution is 0.0728.